The summed E-state index contributed by atoms with van der Waals surface area (Å²) >= 11 is 0. The monoisotopic (exact) mass is 408 g/mol. The van der Waals surface area contributed by atoms with Crippen LogP contribution < -0.4 is 15.4 Å². The molecule has 1 amide bonds. The Hall–Kier alpha value is -3.02. The van der Waals surface area contributed by atoms with Gasteiger partial charge in [0.1, 0.15) is 5.75 Å². The molecule has 2 N–H and O–H groups in total. The Bertz CT molecular complexity index is 887. The van der Waals surface area contributed by atoms with Crippen molar-refractivity contribution in [2.75, 3.05) is 27.7 Å². The molecule has 6 heteroatoms. The molecular weight excluding hydrogens is 376 g/mol. The number of hydrogen-bond acceptors (Lipinski definition) is 3. The van der Waals surface area contributed by atoms with Crippen molar-refractivity contribution in [3.05, 3.63) is 64.7 Å². The molecular formula is C24H32N4O2. The van der Waals surface area contributed by atoms with Crippen LogP contribution in [0.1, 0.15) is 39.9 Å². The molecule has 6 nitrogen and oxygen atoms in total. The van der Waals surface area contributed by atoms with Gasteiger partial charge >= 0.3 is 0 Å². The Morgan fingerprint density at radius 1 is 1.10 bits per heavy atom. The zero-order chi connectivity index (χ0) is 21.5. The fourth-order valence-electron chi connectivity index (χ4n) is 3.04. The van der Waals surface area contributed by atoms with Gasteiger partial charge in [0.2, 0.25) is 0 Å². The summed E-state index contributed by atoms with van der Waals surface area (Å²) in [5, 5.41) is 6.68. The van der Waals surface area contributed by atoms with Crippen LogP contribution in [0.4, 0.5) is 0 Å². The van der Waals surface area contributed by atoms with Crippen LogP contribution in [-0.4, -0.2) is 44.5 Å². The van der Waals surface area contributed by atoms with Gasteiger partial charge in [-0.1, -0.05) is 24.3 Å². The van der Waals surface area contributed by atoms with E-state index in [1.54, 1.807) is 26.0 Å². The van der Waals surface area contributed by atoms with Gasteiger partial charge in [-0.3, -0.25) is 9.79 Å². The lowest BCUT2D eigenvalue weighted by atomic mass is 10.1. The first-order valence-corrected chi connectivity index (χ1v) is 10.4. The summed E-state index contributed by atoms with van der Waals surface area (Å²) in [6.45, 7) is 4.14. The van der Waals surface area contributed by atoms with Crippen LogP contribution in [0.15, 0.2) is 47.5 Å². The maximum absolute atomic E-state index is 12.0. The third-order valence-electron chi connectivity index (χ3n) is 5.13. The van der Waals surface area contributed by atoms with Gasteiger partial charge in [-0.2, -0.15) is 0 Å². The van der Waals surface area contributed by atoms with E-state index in [-0.39, 0.29) is 5.91 Å². The van der Waals surface area contributed by atoms with E-state index in [1.807, 2.05) is 24.3 Å². The van der Waals surface area contributed by atoms with Gasteiger partial charge in [-0.15, -0.1) is 0 Å². The minimum Gasteiger partial charge on any atom is -0.493 e. The summed E-state index contributed by atoms with van der Waals surface area (Å²) in [4.78, 5) is 17.9. The zero-order valence-corrected chi connectivity index (χ0v) is 18.4. The first-order chi connectivity index (χ1) is 14.5. The van der Waals surface area contributed by atoms with Gasteiger partial charge in [0, 0.05) is 45.4 Å². The van der Waals surface area contributed by atoms with Gasteiger partial charge in [0.25, 0.3) is 5.91 Å². The molecule has 30 heavy (non-hydrogen) atoms. The lowest BCUT2D eigenvalue weighted by Crippen LogP contribution is -2.36. The maximum atomic E-state index is 12.0. The molecule has 1 aliphatic rings. The number of amides is 1. The molecule has 160 valence electrons. The van der Waals surface area contributed by atoms with Crippen LogP contribution in [0.2, 0.25) is 0 Å². The fraction of sp³-hybridized carbons (Fsp3) is 0.417. The van der Waals surface area contributed by atoms with Gasteiger partial charge in [-0.05, 0) is 55.0 Å². The van der Waals surface area contributed by atoms with Gasteiger partial charge in [-0.25, -0.2) is 0 Å². The van der Waals surface area contributed by atoms with E-state index >= 15 is 0 Å². The quantitative estimate of drug-likeness (QED) is 0.519. The predicted molar refractivity (Wildman–Crippen MR) is 121 cm³/mol. The van der Waals surface area contributed by atoms with E-state index in [2.05, 4.69) is 40.7 Å². The number of nitrogens with one attached hydrogen (secondary N) is 2. The largest absolute Gasteiger partial charge is 0.493 e. The molecule has 0 spiro atoms. The average Bonchev–Trinajstić information content (AvgIpc) is 3.57. The first-order valence-electron chi connectivity index (χ1n) is 10.4. The van der Waals surface area contributed by atoms with Gasteiger partial charge in [0.15, 0.2) is 5.96 Å². The number of aryl methyl sites for hydroxylation is 1. The van der Waals surface area contributed by atoms with Crippen molar-refractivity contribution >= 4 is 11.9 Å². The molecule has 0 radical (unpaired) electrons. The number of benzene rings is 2. The minimum absolute atomic E-state index is 0.00444. The summed E-state index contributed by atoms with van der Waals surface area (Å²) in [5.41, 5.74) is 4.08. The van der Waals surface area contributed by atoms with E-state index in [1.165, 1.54) is 18.4 Å². The summed E-state index contributed by atoms with van der Waals surface area (Å²) in [7, 11) is 5.27. The van der Waals surface area contributed by atoms with E-state index in [9.17, 15) is 4.79 Å². The fourth-order valence-corrected chi connectivity index (χ4v) is 3.04. The number of ether oxygens (including phenoxy) is 1. The highest BCUT2D eigenvalue weighted by Crippen LogP contribution is 2.30. The SMILES string of the molecule is CN=C(NCc1ccc(C(=O)N(C)C)cc1)NCc1ccc(C)cc1OCC1CC1. The molecule has 1 fully saturated rings. The molecule has 3 rings (SSSR count). The lowest BCUT2D eigenvalue weighted by molar-refractivity contribution is 0.0827. The van der Waals surface area contributed by atoms with Crippen molar-refractivity contribution in [3.63, 3.8) is 0 Å². The number of rotatable bonds is 8. The zero-order valence-electron chi connectivity index (χ0n) is 18.4. The highest BCUT2D eigenvalue weighted by molar-refractivity contribution is 5.93. The number of hydrogen-bond donors (Lipinski definition) is 2. The Labute approximate surface area is 179 Å². The van der Waals surface area contributed by atoms with E-state index in [4.69, 9.17) is 4.74 Å². The second-order valence-electron chi connectivity index (χ2n) is 8.04. The van der Waals surface area contributed by atoms with E-state index in [0.29, 0.717) is 18.7 Å². The van der Waals surface area contributed by atoms with Crippen LogP contribution in [-0.2, 0) is 13.1 Å². The van der Waals surface area contributed by atoms with Gasteiger partial charge < -0.3 is 20.3 Å². The molecule has 0 bridgehead atoms. The van der Waals surface area contributed by atoms with Gasteiger partial charge in [0.05, 0.1) is 6.61 Å². The number of carbonyl (C=O) groups is 1. The van der Waals surface area contributed by atoms with Crippen LogP contribution in [0.3, 0.4) is 0 Å². The second-order valence-corrected chi connectivity index (χ2v) is 8.04. The van der Waals surface area contributed by atoms with Crippen molar-refractivity contribution in [1.82, 2.24) is 15.5 Å². The Morgan fingerprint density at radius 2 is 1.80 bits per heavy atom. The molecule has 1 saturated carbocycles. The lowest BCUT2D eigenvalue weighted by Gasteiger charge is -2.16. The highest BCUT2D eigenvalue weighted by Gasteiger charge is 2.22. The van der Waals surface area contributed by atoms with Crippen molar-refractivity contribution in [2.24, 2.45) is 10.9 Å². The van der Waals surface area contributed by atoms with E-state index < -0.39 is 0 Å². The summed E-state index contributed by atoms with van der Waals surface area (Å²) < 4.78 is 6.05. The average molecular weight is 409 g/mol. The topological polar surface area (TPSA) is 66.0 Å². The second kappa shape index (κ2) is 10.1. The number of guanidine groups is 1. The van der Waals surface area contributed by atoms with Crippen LogP contribution in [0.5, 0.6) is 5.75 Å². The maximum Gasteiger partial charge on any atom is 0.253 e. The molecule has 0 aromatic heterocycles. The molecule has 0 unspecified atom stereocenters. The molecule has 0 atom stereocenters. The molecule has 1 aliphatic carbocycles. The highest BCUT2D eigenvalue weighted by atomic mass is 16.5. The Morgan fingerprint density at radius 3 is 2.43 bits per heavy atom. The summed E-state index contributed by atoms with van der Waals surface area (Å²) in [6.07, 6.45) is 2.56. The van der Waals surface area contributed by atoms with Crippen molar-refractivity contribution in [3.8, 4) is 5.75 Å². The third-order valence-corrected chi connectivity index (χ3v) is 5.13. The Kier molecular flexibility index (Phi) is 7.33. The van der Waals surface area contributed by atoms with Crippen LogP contribution in [0, 0.1) is 12.8 Å². The summed E-state index contributed by atoms with van der Waals surface area (Å²) in [5.74, 6) is 2.40. The third kappa shape index (κ3) is 6.24. The van der Waals surface area contributed by atoms with Crippen molar-refractivity contribution in [1.29, 1.82) is 0 Å². The number of aliphatic imine (C=N–C) groups is 1. The predicted octanol–water partition coefficient (Wildman–Crippen LogP) is 3.35. The number of nitrogens with zero attached hydrogens (tertiary/aromatic N) is 2. The molecule has 2 aromatic rings. The van der Waals surface area contributed by atoms with Crippen molar-refractivity contribution in [2.45, 2.75) is 32.9 Å². The number of carbonyl (C=O) groups excluding carboxylic acids is 1. The molecule has 0 aliphatic heterocycles. The normalized spacial score (nSPS) is 13.7. The molecule has 0 saturated heterocycles. The smallest absolute Gasteiger partial charge is 0.253 e. The minimum atomic E-state index is 0.00444. The molecule has 0 heterocycles. The van der Waals surface area contributed by atoms with Crippen molar-refractivity contribution < 1.29 is 9.53 Å². The summed E-state index contributed by atoms with van der Waals surface area (Å²) in [6, 6.07) is 13.9. The van der Waals surface area contributed by atoms with E-state index in [0.717, 1.165) is 35.4 Å². The molecule has 2 aromatic carbocycles. The first kappa shape index (κ1) is 21.7. The van der Waals surface area contributed by atoms with Crippen LogP contribution in [0.25, 0.3) is 0 Å². The Balaban J connectivity index is 1.53. The standard InChI is InChI=1S/C24H32N4O2/c1-17-5-10-21(22(13-17)30-16-19-6-7-19)15-27-24(25-2)26-14-18-8-11-20(12-9-18)23(29)28(3)4/h5,8-13,19H,6-7,14-16H2,1-4H3,(H2,25,26,27). The van der Waals surface area contributed by atoms with Crippen LogP contribution >= 0.6 is 0 Å².